The zero-order chi connectivity index (χ0) is 22.2. The van der Waals surface area contributed by atoms with E-state index >= 15 is 0 Å². The molecule has 1 heterocycles. The molecular formula is C23H19BrN2O5. The zero-order valence-electron chi connectivity index (χ0n) is 16.2. The second-order valence-corrected chi connectivity index (χ2v) is 7.51. The van der Waals surface area contributed by atoms with Crippen molar-refractivity contribution in [3.05, 3.63) is 100 Å². The first-order chi connectivity index (χ1) is 14.9. The number of rotatable bonds is 8. The van der Waals surface area contributed by atoms with E-state index in [4.69, 9.17) is 4.42 Å². The Morgan fingerprint density at radius 3 is 2.45 bits per heavy atom. The molecule has 0 saturated carbocycles. The van der Waals surface area contributed by atoms with Crippen molar-refractivity contribution >= 4 is 39.8 Å². The van der Waals surface area contributed by atoms with Gasteiger partial charge >= 0.3 is 5.97 Å². The van der Waals surface area contributed by atoms with Crippen LogP contribution in [0.2, 0.25) is 0 Å². The molecule has 1 atom stereocenters. The normalized spacial score (nSPS) is 12.1. The Kier molecular flexibility index (Phi) is 7.40. The summed E-state index contributed by atoms with van der Waals surface area (Å²) in [6.45, 7) is 0. The predicted molar refractivity (Wildman–Crippen MR) is 118 cm³/mol. The SMILES string of the molecule is O=C(NC(Cc1ccccc1)C(=O)O)C(=Cc1ccco1)NC(=O)c1cccc(Br)c1. The fourth-order valence-corrected chi connectivity index (χ4v) is 3.18. The van der Waals surface area contributed by atoms with Crippen molar-refractivity contribution in [1.29, 1.82) is 0 Å². The lowest BCUT2D eigenvalue weighted by atomic mass is 10.1. The number of furan rings is 1. The summed E-state index contributed by atoms with van der Waals surface area (Å²) >= 11 is 3.30. The molecular weight excluding hydrogens is 464 g/mol. The van der Waals surface area contributed by atoms with E-state index in [1.54, 1.807) is 60.7 Å². The van der Waals surface area contributed by atoms with Crippen LogP contribution in [0.3, 0.4) is 0 Å². The van der Waals surface area contributed by atoms with Crippen LogP contribution in [0.4, 0.5) is 0 Å². The van der Waals surface area contributed by atoms with Gasteiger partial charge in [-0.1, -0.05) is 52.3 Å². The molecule has 1 aromatic heterocycles. The summed E-state index contributed by atoms with van der Waals surface area (Å²) in [4.78, 5) is 37.3. The molecule has 31 heavy (non-hydrogen) atoms. The van der Waals surface area contributed by atoms with Crippen molar-refractivity contribution < 1.29 is 23.9 Å². The summed E-state index contributed by atoms with van der Waals surface area (Å²) < 4.78 is 5.94. The quantitative estimate of drug-likeness (QED) is 0.424. The van der Waals surface area contributed by atoms with E-state index in [0.717, 1.165) is 5.56 Å². The molecule has 8 heteroatoms. The highest BCUT2D eigenvalue weighted by Crippen LogP contribution is 2.13. The van der Waals surface area contributed by atoms with Gasteiger partial charge in [0.25, 0.3) is 11.8 Å². The van der Waals surface area contributed by atoms with E-state index < -0.39 is 23.8 Å². The van der Waals surface area contributed by atoms with Crippen LogP contribution < -0.4 is 10.6 Å². The van der Waals surface area contributed by atoms with Crippen molar-refractivity contribution in [1.82, 2.24) is 10.6 Å². The minimum Gasteiger partial charge on any atom is -0.480 e. The Morgan fingerprint density at radius 2 is 1.81 bits per heavy atom. The van der Waals surface area contributed by atoms with Gasteiger partial charge in [0.1, 0.15) is 17.5 Å². The van der Waals surface area contributed by atoms with Crippen LogP contribution in [0.5, 0.6) is 0 Å². The highest BCUT2D eigenvalue weighted by molar-refractivity contribution is 9.10. The summed E-state index contributed by atoms with van der Waals surface area (Å²) in [5.41, 5.74) is 0.941. The van der Waals surface area contributed by atoms with E-state index in [9.17, 15) is 19.5 Å². The Hall–Kier alpha value is -3.65. The maximum Gasteiger partial charge on any atom is 0.326 e. The lowest BCUT2D eigenvalue weighted by Crippen LogP contribution is -2.45. The number of carbonyl (C=O) groups excluding carboxylic acids is 2. The summed E-state index contributed by atoms with van der Waals surface area (Å²) in [6.07, 6.45) is 2.86. The van der Waals surface area contributed by atoms with Crippen LogP contribution in [0, 0.1) is 0 Å². The third-order valence-electron chi connectivity index (χ3n) is 4.30. The third kappa shape index (κ3) is 6.42. The molecule has 0 fully saturated rings. The monoisotopic (exact) mass is 482 g/mol. The topological polar surface area (TPSA) is 109 Å². The third-order valence-corrected chi connectivity index (χ3v) is 4.79. The molecule has 0 bridgehead atoms. The smallest absolute Gasteiger partial charge is 0.326 e. The van der Waals surface area contributed by atoms with Crippen LogP contribution in [-0.4, -0.2) is 28.9 Å². The number of hydrogen-bond donors (Lipinski definition) is 3. The second kappa shape index (κ2) is 10.4. The van der Waals surface area contributed by atoms with Gasteiger partial charge in [0.15, 0.2) is 0 Å². The van der Waals surface area contributed by atoms with Crippen LogP contribution >= 0.6 is 15.9 Å². The number of halogens is 1. The number of aliphatic carboxylic acids is 1. The number of carboxylic acid groups (broad SMARTS) is 1. The van der Waals surface area contributed by atoms with Crippen molar-refractivity contribution in [3.8, 4) is 0 Å². The molecule has 2 amide bonds. The van der Waals surface area contributed by atoms with Crippen LogP contribution in [0.1, 0.15) is 21.7 Å². The van der Waals surface area contributed by atoms with Gasteiger partial charge in [0.2, 0.25) is 0 Å². The number of hydrogen-bond acceptors (Lipinski definition) is 4. The first-order valence-corrected chi connectivity index (χ1v) is 10.1. The Morgan fingerprint density at radius 1 is 1.03 bits per heavy atom. The minimum atomic E-state index is -1.19. The summed E-state index contributed by atoms with van der Waals surface area (Å²) in [5.74, 6) is -2.13. The molecule has 1 unspecified atom stereocenters. The summed E-state index contributed by atoms with van der Waals surface area (Å²) in [7, 11) is 0. The van der Waals surface area contributed by atoms with Gasteiger partial charge in [-0.15, -0.1) is 0 Å². The van der Waals surface area contributed by atoms with Gasteiger partial charge in [-0.2, -0.15) is 0 Å². The van der Waals surface area contributed by atoms with Crippen LogP contribution in [-0.2, 0) is 16.0 Å². The van der Waals surface area contributed by atoms with Gasteiger partial charge < -0.3 is 20.2 Å². The number of amides is 2. The standard InChI is InChI=1S/C23H19BrN2O5/c24-17-9-4-8-16(13-17)21(27)25-19(14-18-10-5-11-31-18)22(28)26-20(23(29)30)12-15-6-2-1-3-7-15/h1-11,13-14,20H,12H2,(H,25,27)(H,26,28)(H,29,30). The molecule has 0 aliphatic rings. The highest BCUT2D eigenvalue weighted by atomic mass is 79.9. The number of carboxylic acids is 1. The zero-order valence-corrected chi connectivity index (χ0v) is 17.8. The molecule has 0 aliphatic carbocycles. The van der Waals surface area contributed by atoms with Gasteiger partial charge in [0, 0.05) is 22.5 Å². The fraction of sp³-hybridized carbons (Fsp3) is 0.0870. The molecule has 7 nitrogen and oxygen atoms in total. The van der Waals surface area contributed by atoms with Crippen LogP contribution in [0.15, 0.2) is 87.6 Å². The van der Waals surface area contributed by atoms with Crippen molar-refractivity contribution in [2.24, 2.45) is 0 Å². The average Bonchev–Trinajstić information content (AvgIpc) is 3.26. The van der Waals surface area contributed by atoms with Crippen LogP contribution in [0.25, 0.3) is 6.08 Å². The Balaban J connectivity index is 1.81. The lowest BCUT2D eigenvalue weighted by molar-refractivity contribution is -0.141. The average molecular weight is 483 g/mol. The van der Waals surface area contributed by atoms with Crippen molar-refractivity contribution in [2.75, 3.05) is 0 Å². The molecule has 3 rings (SSSR count). The van der Waals surface area contributed by atoms with Crippen molar-refractivity contribution in [3.63, 3.8) is 0 Å². The molecule has 158 valence electrons. The lowest BCUT2D eigenvalue weighted by Gasteiger charge is -2.17. The van der Waals surface area contributed by atoms with E-state index in [1.807, 2.05) is 6.07 Å². The Bertz CT molecular complexity index is 1090. The molecule has 3 N–H and O–H groups in total. The number of benzene rings is 2. The molecule has 0 spiro atoms. The second-order valence-electron chi connectivity index (χ2n) is 6.59. The maximum atomic E-state index is 12.9. The molecule has 0 radical (unpaired) electrons. The molecule has 2 aromatic carbocycles. The van der Waals surface area contributed by atoms with Gasteiger partial charge in [-0.25, -0.2) is 4.79 Å². The summed E-state index contributed by atoms with van der Waals surface area (Å²) in [6, 6.07) is 17.7. The first kappa shape index (κ1) is 22.0. The minimum absolute atomic E-state index is 0.0928. The summed E-state index contributed by atoms with van der Waals surface area (Å²) in [5, 5.41) is 14.6. The van der Waals surface area contributed by atoms with Gasteiger partial charge in [-0.05, 0) is 35.9 Å². The Labute approximate surface area is 186 Å². The molecule has 3 aromatic rings. The van der Waals surface area contributed by atoms with Gasteiger partial charge in [0.05, 0.1) is 6.26 Å². The first-order valence-electron chi connectivity index (χ1n) is 9.32. The van der Waals surface area contributed by atoms with E-state index in [2.05, 4.69) is 26.6 Å². The molecule has 0 aliphatic heterocycles. The van der Waals surface area contributed by atoms with Crippen molar-refractivity contribution in [2.45, 2.75) is 12.5 Å². The predicted octanol–water partition coefficient (Wildman–Crippen LogP) is 3.63. The largest absolute Gasteiger partial charge is 0.480 e. The van der Waals surface area contributed by atoms with E-state index in [1.165, 1.54) is 12.3 Å². The van der Waals surface area contributed by atoms with Gasteiger partial charge in [-0.3, -0.25) is 9.59 Å². The van der Waals surface area contributed by atoms with E-state index in [-0.39, 0.29) is 12.1 Å². The number of nitrogens with one attached hydrogen (secondary N) is 2. The van der Waals surface area contributed by atoms with E-state index in [0.29, 0.717) is 15.8 Å². The molecule has 0 saturated heterocycles. The maximum absolute atomic E-state index is 12.9. The number of carbonyl (C=O) groups is 3. The highest BCUT2D eigenvalue weighted by Gasteiger charge is 2.24. The fourth-order valence-electron chi connectivity index (χ4n) is 2.78.